The van der Waals surface area contributed by atoms with Crippen molar-refractivity contribution >= 4 is 21.7 Å². The van der Waals surface area contributed by atoms with E-state index >= 15 is 0 Å². The molecule has 0 aromatic heterocycles. The minimum absolute atomic E-state index is 0.114. The van der Waals surface area contributed by atoms with Crippen molar-refractivity contribution in [3.63, 3.8) is 0 Å². The molecular formula is C24H29F3N2O4S. The molecule has 34 heavy (non-hydrogen) atoms. The Morgan fingerprint density at radius 3 is 2.18 bits per heavy atom. The van der Waals surface area contributed by atoms with Gasteiger partial charge in [0.2, 0.25) is 0 Å². The average molecular weight is 499 g/mol. The number of nitrogens with zero attached hydrogens (tertiary/aromatic N) is 2. The van der Waals surface area contributed by atoms with Crippen LogP contribution in [-0.2, 0) is 32.5 Å². The zero-order chi connectivity index (χ0) is 25.3. The molecule has 3 rings (SSSR count). The first-order valence-corrected chi connectivity index (χ1v) is 12.5. The van der Waals surface area contributed by atoms with Crippen molar-refractivity contribution < 1.29 is 31.2 Å². The lowest BCUT2D eigenvalue weighted by molar-refractivity contribution is -0.199. The number of benzene rings is 2. The Balaban J connectivity index is 2.09. The van der Waals surface area contributed by atoms with E-state index in [1.54, 1.807) is 39.0 Å². The maximum absolute atomic E-state index is 13.6. The van der Waals surface area contributed by atoms with Gasteiger partial charge in [-0.3, -0.25) is 0 Å². The number of alkyl halides is 3. The van der Waals surface area contributed by atoms with Gasteiger partial charge in [-0.15, -0.1) is 0 Å². The van der Waals surface area contributed by atoms with Gasteiger partial charge in [0.1, 0.15) is 0 Å². The Morgan fingerprint density at radius 1 is 1.03 bits per heavy atom. The Labute approximate surface area is 198 Å². The number of hydrogen-bond acceptors (Lipinski definition) is 5. The number of anilines is 1. The molecule has 0 saturated carbocycles. The largest absolute Gasteiger partial charge is 0.493 e. The molecule has 0 N–H and O–H groups in total. The lowest BCUT2D eigenvalue weighted by Crippen LogP contribution is -2.39. The van der Waals surface area contributed by atoms with Gasteiger partial charge in [-0.1, -0.05) is 35.2 Å². The van der Waals surface area contributed by atoms with Gasteiger partial charge in [0.25, 0.3) is 10.0 Å². The molecule has 186 valence electrons. The van der Waals surface area contributed by atoms with Crippen LogP contribution < -0.4 is 4.47 Å². The third-order valence-electron chi connectivity index (χ3n) is 5.81. The topological polar surface area (TPSA) is 66.9 Å². The van der Waals surface area contributed by atoms with Crippen molar-refractivity contribution in [2.75, 3.05) is 24.1 Å². The molecule has 6 nitrogen and oxygen atoms in total. The van der Waals surface area contributed by atoms with Gasteiger partial charge in [0.05, 0.1) is 10.6 Å². The van der Waals surface area contributed by atoms with E-state index in [-0.39, 0.29) is 15.1 Å². The van der Waals surface area contributed by atoms with Crippen LogP contribution in [0.25, 0.3) is 0 Å². The van der Waals surface area contributed by atoms with E-state index in [1.165, 1.54) is 12.1 Å². The van der Waals surface area contributed by atoms with Gasteiger partial charge >= 0.3 is 12.1 Å². The fraction of sp³-hybridized carbons (Fsp3) is 0.458. The summed E-state index contributed by atoms with van der Waals surface area (Å²) in [6.07, 6.45) is -3.03. The summed E-state index contributed by atoms with van der Waals surface area (Å²) in [5.74, 6) is -2.61. The quantitative estimate of drug-likeness (QED) is 0.543. The van der Waals surface area contributed by atoms with Crippen LogP contribution in [-0.4, -0.2) is 45.1 Å². The second-order valence-electron chi connectivity index (χ2n) is 8.63. The fourth-order valence-corrected chi connectivity index (χ4v) is 6.09. The van der Waals surface area contributed by atoms with Gasteiger partial charge in [-0.25, -0.2) is 4.79 Å². The average Bonchev–Trinajstić information content (AvgIpc) is 2.92. The number of sulfonamides is 1. The number of hydrogen-bond donors (Lipinski definition) is 0. The van der Waals surface area contributed by atoms with Gasteiger partial charge in [0, 0.05) is 13.1 Å². The van der Waals surface area contributed by atoms with Crippen LogP contribution >= 0.6 is 0 Å². The van der Waals surface area contributed by atoms with Crippen LogP contribution in [0.15, 0.2) is 35.2 Å². The minimum Gasteiger partial charge on any atom is -0.317 e. The first-order chi connectivity index (χ1) is 15.8. The summed E-state index contributed by atoms with van der Waals surface area (Å²) in [4.78, 5) is 18.4. The van der Waals surface area contributed by atoms with Crippen molar-refractivity contribution in [3.8, 4) is 0 Å². The Morgan fingerprint density at radius 2 is 1.62 bits per heavy atom. The highest BCUT2D eigenvalue weighted by Crippen LogP contribution is 2.32. The maximum atomic E-state index is 13.6. The lowest BCUT2D eigenvalue weighted by Gasteiger charge is -2.25. The van der Waals surface area contributed by atoms with Gasteiger partial charge in [0.15, 0.2) is 0 Å². The lowest BCUT2D eigenvalue weighted by atomic mass is 10.0. The summed E-state index contributed by atoms with van der Waals surface area (Å²) < 4.78 is 66.5. The standard InChI is InChI=1S/C24H29F3N2O4S/c1-5-10-28-11-8-19-6-7-21(15-20(19)9-12-28)29(33-23(30)24(25,26)27)34(31,32)22-17(3)13-16(2)14-18(22)4/h6-7,13-15H,5,8-12H2,1-4H3. The molecule has 0 unspecified atom stereocenters. The molecule has 0 bridgehead atoms. The second kappa shape index (κ2) is 9.95. The number of fused-ring (bicyclic) bond motifs is 1. The van der Waals surface area contributed by atoms with E-state index in [0.29, 0.717) is 17.5 Å². The molecule has 0 aliphatic carbocycles. The highest BCUT2D eigenvalue weighted by Gasteiger charge is 2.45. The molecular weight excluding hydrogens is 469 g/mol. The summed E-state index contributed by atoms with van der Waals surface area (Å²) in [7, 11) is -4.66. The van der Waals surface area contributed by atoms with E-state index < -0.39 is 22.2 Å². The molecule has 1 heterocycles. The van der Waals surface area contributed by atoms with Crippen molar-refractivity contribution in [2.45, 2.75) is 58.0 Å². The molecule has 0 spiro atoms. The summed E-state index contributed by atoms with van der Waals surface area (Å²) in [5.41, 5.74) is 3.14. The third kappa shape index (κ3) is 5.55. The van der Waals surface area contributed by atoms with E-state index in [4.69, 9.17) is 0 Å². The molecule has 2 aromatic carbocycles. The van der Waals surface area contributed by atoms with Crippen molar-refractivity contribution in [3.05, 3.63) is 58.1 Å². The normalized spacial score (nSPS) is 14.9. The van der Waals surface area contributed by atoms with Crippen molar-refractivity contribution in [1.29, 1.82) is 0 Å². The first kappa shape index (κ1) is 26.0. The van der Waals surface area contributed by atoms with E-state index in [1.807, 2.05) is 0 Å². The number of halogens is 3. The van der Waals surface area contributed by atoms with Crippen LogP contribution in [0.5, 0.6) is 0 Å². The fourth-order valence-electron chi connectivity index (χ4n) is 4.44. The van der Waals surface area contributed by atoms with E-state index in [9.17, 15) is 26.4 Å². The van der Waals surface area contributed by atoms with Crippen molar-refractivity contribution in [2.24, 2.45) is 0 Å². The SMILES string of the molecule is CCCN1CCc2ccc(N(OC(=O)C(F)(F)F)S(=O)(=O)c3c(C)cc(C)cc3C)cc2CC1. The maximum Gasteiger partial charge on any atom is 0.493 e. The minimum atomic E-state index is -5.36. The smallest absolute Gasteiger partial charge is 0.317 e. The molecule has 0 saturated heterocycles. The van der Waals surface area contributed by atoms with Crippen LogP contribution in [0.4, 0.5) is 18.9 Å². The zero-order valence-electron chi connectivity index (χ0n) is 19.7. The van der Waals surface area contributed by atoms with Crippen molar-refractivity contribution in [1.82, 2.24) is 4.90 Å². The molecule has 0 fully saturated rings. The van der Waals surface area contributed by atoms with Crippen LogP contribution in [0.1, 0.15) is 41.2 Å². The van der Waals surface area contributed by atoms with Crippen LogP contribution in [0.3, 0.4) is 0 Å². The van der Waals surface area contributed by atoms with E-state index in [2.05, 4.69) is 16.7 Å². The Kier molecular flexibility index (Phi) is 7.62. The van der Waals surface area contributed by atoms with Gasteiger partial charge in [-0.2, -0.15) is 21.6 Å². The number of aryl methyl sites for hydroxylation is 3. The number of carbonyl (C=O) groups is 1. The van der Waals surface area contributed by atoms with Gasteiger partial charge < -0.3 is 9.74 Å². The summed E-state index contributed by atoms with van der Waals surface area (Å²) in [6, 6.07) is 7.81. The monoisotopic (exact) mass is 498 g/mol. The Bertz CT molecular complexity index is 1160. The molecule has 2 aromatic rings. The predicted molar refractivity (Wildman–Crippen MR) is 123 cm³/mol. The predicted octanol–water partition coefficient (Wildman–Crippen LogP) is 4.64. The molecule has 0 radical (unpaired) electrons. The zero-order valence-corrected chi connectivity index (χ0v) is 20.5. The summed E-state index contributed by atoms with van der Waals surface area (Å²) in [6.45, 7) is 9.49. The highest BCUT2D eigenvalue weighted by atomic mass is 32.2. The summed E-state index contributed by atoms with van der Waals surface area (Å²) >= 11 is 0. The molecule has 1 aliphatic rings. The van der Waals surface area contributed by atoms with Crippen LogP contribution in [0.2, 0.25) is 0 Å². The summed E-state index contributed by atoms with van der Waals surface area (Å²) in [5, 5.41) is 0. The molecule has 1 aliphatic heterocycles. The van der Waals surface area contributed by atoms with E-state index in [0.717, 1.165) is 49.2 Å². The number of rotatable bonds is 6. The molecule has 0 amide bonds. The Hall–Kier alpha value is -2.59. The highest BCUT2D eigenvalue weighted by molar-refractivity contribution is 7.92. The van der Waals surface area contributed by atoms with Gasteiger partial charge in [-0.05, 0) is 81.0 Å². The first-order valence-electron chi connectivity index (χ1n) is 11.1. The number of carbonyl (C=O) groups excluding carboxylic acids is 1. The molecule has 0 atom stereocenters. The second-order valence-corrected chi connectivity index (χ2v) is 10.3. The molecule has 10 heteroatoms. The van der Waals surface area contributed by atoms with Crippen LogP contribution in [0, 0.1) is 20.8 Å². The third-order valence-corrected chi connectivity index (χ3v) is 7.70.